The van der Waals surface area contributed by atoms with Crippen molar-refractivity contribution in [3.05, 3.63) is 29.8 Å². The zero-order valence-corrected chi connectivity index (χ0v) is 11.2. The minimum absolute atomic E-state index is 0.324. The van der Waals surface area contributed by atoms with Crippen LogP contribution in [0.4, 0.5) is 0 Å². The topological polar surface area (TPSA) is 84.8 Å². The molecule has 102 valence electrons. The molecule has 2 heterocycles. The molecule has 2 aromatic heterocycles. The third kappa shape index (κ3) is 2.06. The van der Waals surface area contributed by atoms with Crippen molar-refractivity contribution in [3.8, 4) is 17.5 Å². The maximum atomic E-state index is 8.87. The summed E-state index contributed by atoms with van der Waals surface area (Å²) in [7, 11) is 1.68. The van der Waals surface area contributed by atoms with Crippen molar-refractivity contribution >= 4 is 0 Å². The van der Waals surface area contributed by atoms with Gasteiger partial charge in [-0.25, -0.2) is 4.98 Å². The maximum absolute atomic E-state index is 8.87. The number of ether oxygens (including phenoxy) is 1. The second kappa shape index (κ2) is 5.02. The largest absolute Gasteiger partial charge is 0.370 e. The van der Waals surface area contributed by atoms with Crippen LogP contribution in [0.5, 0.6) is 0 Å². The van der Waals surface area contributed by atoms with E-state index in [0.29, 0.717) is 23.0 Å². The molecular weight excluding hydrogens is 256 g/mol. The average Bonchev–Trinajstić information content (AvgIpc) is 3.17. The summed E-state index contributed by atoms with van der Waals surface area (Å²) in [6, 6.07) is 5.36. The summed E-state index contributed by atoms with van der Waals surface area (Å²) >= 11 is 0. The molecule has 0 saturated heterocycles. The first-order valence-electron chi connectivity index (χ1n) is 6.53. The summed E-state index contributed by atoms with van der Waals surface area (Å²) in [6.07, 6.45) is 5.57. The van der Waals surface area contributed by atoms with Gasteiger partial charge in [-0.1, -0.05) is 5.16 Å². The first-order chi connectivity index (χ1) is 9.77. The zero-order chi connectivity index (χ0) is 14.0. The van der Waals surface area contributed by atoms with Gasteiger partial charge < -0.3 is 9.26 Å². The third-order valence-corrected chi connectivity index (χ3v) is 3.76. The molecule has 2 aromatic rings. The van der Waals surface area contributed by atoms with Crippen LogP contribution in [0.15, 0.2) is 22.9 Å². The van der Waals surface area contributed by atoms with Gasteiger partial charge in [-0.3, -0.25) is 0 Å². The van der Waals surface area contributed by atoms with Crippen LogP contribution < -0.4 is 0 Å². The summed E-state index contributed by atoms with van der Waals surface area (Å²) in [5, 5.41) is 12.9. The van der Waals surface area contributed by atoms with Crippen LogP contribution in [0.2, 0.25) is 0 Å². The van der Waals surface area contributed by atoms with Gasteiger partial charge >= 0.3 is 0 Å². The molecule has 0 aromatic carbocycles. The van der Waals surface area contributed by atoms with Crippen LogP contribution in [0, 0.1) is 11.3 Å². The van der Waals surface area contributed by atoms with E-state index in [1.54, 1.807) is 25.4 Å². The second-order valence-electron chi connectivity index (χ2n) is 4.87. The fourth-order valence-electron chi connectivity index (χ4n) is 2.62. The van der Waals surface area contributed by atoms with E-state index in [1.807, 2.05) is 6.07 Å². The lowest BCUT2D eigenvalue weighted by Gasteiger charge is -2.22. The summed E-state index contributed by atoms with van der Waals surface area (Å²) in [4.78, 5) is 8.36. The van der Waals surface area contributed by atoms with E-state index >= 15 is 0 Å². The Morgan fingerprint density at radius 1 is 1.40 bits per heavy atom. The third-order valence-electron chi connectivity index (χ3n) is 3.76. The van der Waals surface area contributed by atoms with Gasteiger partial charge in [0.1, 0.15) is 17.4 Å². The molecule has 0 bridgehead atoms. The summed E-state index contributed by atoms with van der Waals surface area (Å²) in [5.74, 6) is 0.977. The van der Waals surface area contributed by atoms with Crippen molar-refractivity contribution in [3.63, 3.8) is 0 Å². The van der Waals surface area contributed by atoms with Crippen LogP contribution in [-0.4, -0.2) is 22.2 Å². The molecule has 0 N–H and O–H groups in total. The lowest BCUT2D eigenvalue weighted by atomic mass is 10.0. The fraction of sp³-hybridized carbons (Fsp3) is 0.429. The van der Waals surface area contributed by atoms with Gasteiger partial charge in [-0.05, 0) is 37.8 Å². The first-order valence-corrected chi connectivity index (χ1v) is 6.53. The van der Waals surface area contributed by atoms with Crippen molar-refractivity contribution in [1.82, 2.24) is 15.1 Å². The van der Waals surface area contributed by atoms with E-state index in [2.05, 4.69) is 15.1 Å². The molecule has 6 heteroatoms. The van der Waals surface area contributed by atoms with Crippen LogP contribution in [-0.2, 0) is 10.3 Å². The van der Waals surface area contributed by atoms with Crippen molar-refractivity contribution in [2.75, 3.05) is 7.11 Å². The predicted molar refractivity (Wildman–Crippen MR) is 69.4 cm³/mol. The van der Waals surface area contributed by atoms with Crippen molar-refractivity contribution < 1.29 is 9.26 Å². The Labute approximate surface area is 116 Å². The summed E-state index contributed by atoms with van der Waals surface area (Å²) < 4.78 is 10.9. The van der Waals surface area contributed by atoms with Crippen LogP contribution in [0.1, 0.15) is 37.2 Å². The fourth-order valence-corrected chi connectivity index (χ4v) is 2.62. The standard InChI is InChI=1S/C14H14N4O2/c1-19-14(5-2-3-6-14)13-17-12(20-18-13)10-4-7-16-11(8-10)9-15/h4,7-8H,2-3,5-6H2,1H3. The molecule has 0 atom stereocenters. The highest BCUT2D eigenvalue weighted by Gasteiger charge is 2.40. The highest BCUT2D eigenvalue weighted by Crippen LogP contribution is 2.40. The van der Waals surface area contributed by atoms with Gasteiger partial charge in [-0.15, -0.1) is 0 Å². The number of nitriles is 1. The lowest BCUT2D eigenvalue weighted by molar-refractivity contribution is -0.0178. The number of methoxy groups -OCH3 is 1. The molecule has 1 fully saturated rings. The molecule has 0 aliphatic heterocycles. The number of aromatic nitrogens is 3. The highest BCUT2D eigenvalue weighted by molar-refractivity contribution is 5.54. The Morgan fingerprint density at radius 3 is 2.90 bits per heavy atom. The molecule has 0 unspecified atom stereocenters. The summed E-state index contributed by atoms with van der Waals surface area (Å²) in [6.45, 7) is 0. The van der Waals surface area contributed by atoms with Gasteiger partial charge in [0.25, 0.3) is 5.89 Å². The molecule has 1 aliphatic carbocycles. The zero-order valence-electron chi connectivity index (χ0n) is 11.2. The van der Waals surface area contributed by atoms with E-state index < -0.39 is 5.60 Å². The quantitative estimate of drug-likeness (QED) is 0.851. The van der Waals surface area contributed by atoms with Gasteiger partial charge in [0, 0.05) is 18.9 Å². The average molecular weight is 270 g/mol. The minimum atomic E-state index is -0.424. The number of hydrogen-bond acceptors (Lipinski definition) is 6. The van der Waals surface area contributed by atoms with Crippen LogP contribution in [0.25, 0.3) is 11.5 Å². The molecule has 6 nitrogen and oxygen atoms in total. The smallest absolute Gasteiger partial charge is 0.258 e. The Morgan fingerprint density at radius 2 is 2.20 bits per heavy atom. The van der Waals surface area contributed by atoms with Crippen molar-refractivity contribution in [2.24, 2.45) is 0 Å². The SMILES string of the molecule is COC1(c2noc(-c3ccnc(C#N)c3)n2)CCCC1. The highest BCUT2D eigenvalue weighted by atomic mass is 16.5. The number of pyridine rings is 1. The summed E-state index contributed by atoms with van der Waals surface area (Å²) in [5.41, 5.74) is 0.594. The first kappa shape index (κ1) is 12.8. The maximum Gasteiger partial charge on any atom is 0.258 e. The van der Waals surface area contributed by atoms with E-state index in [4.69, 9.17) is 14.5 Å². The van der Waals surface area contributed by atoms with Gasteiger partial charge in [0.05, 0.1) is 0 Å². The van der Waals surface area contributed by atoms with Crippen molar-refractivity contribution in [2.45, 2.75) is 31.3 Å². The molecule has 1 aliphatic rings. The molecule has 0 amide bonds. The molecule has 0 radical (unpaired) electrons. The van der Waals surface area contributed by atoms with Gasteiger partial charge in [0.15, 0.2) is 0 Å². The van der Waals surface area contributed by atoms with Crippen LogP contribution in [0.3, 0.4) is 0 Å². The molecular formula is C14H14N4O2. The predicted octanol–water partition coefficient (Wildman–Crippen LogP) is 2.42. The van der Waals surface area contributed by atoms with Crippen LogP contribution >= 0.6 is 0 Å². The Hall–Kier alpha value is -2.26. The molecule has 20 heavy (non-hydrogen) atoms. The monoisotopic (exact) mass is 270 g/mol. The molecule has 0 spiro atoms. The number of hydrogen-bond donors (Lipinski definition) is 0. The van der Waals surface area contributed by atoms with Crippen molar-refractivity contribution in [1.29, 1.82) is 5.26 Å². The van der Waals surface area contributed by atoms with E-state index in [-0.39, 0.29) is 0 Å². The minimum Gasteiger partial charge on any atom is -0.370 e. The van der Waals surface area contributed by atoms with Gasteiger partial charge in [0.2, 0.25) is 5.82 Å². The Kier molecular flexibility index (Phi) is 3.20. The number of nitrogens with zero attached hydrogens (tertiary/aromatic N) is 4. The Bertz CT molecular complexity index is 653. The second-order valence-corrected chi connectivity index (χ2v) is 4.87. The van der Waals surface area contributed by atoms with E-state index in [9.17, 15) is 0 Å². The lowest BCUT2D eigenvalue weighted by Crippen LogP contribution is -2.25. The van der Waals surface area contributed by atoms with E-state index in [0.717, 1.165) is 25.7 Å². The van der Waals surface area contributed by atoms with E-state index in [1.165, 1.54) is 0 Å². The normalized spacial score (nSPS) is 17.0. The van der Waals surface area contributed by atoms with Gasteiger partial charge in [-0.2, -0.15) is 10.2 Å². The number of rotatable bonds is 3. The molecule has 3 rings (SSSR count). The molecule has 1 saturated carbocycles. The Balaban J connectivity index is 1.96.